The molecule has 5 heteroatoms. The number of nitrogens with zero attached hydrogens (tertiary/aromatic N) is 1. The summed E-state index contributed by atoms with van der Waals surface area (Å²) in [5.41, 5.74) is 0.982. The highest BCUT2D eigenvalue weighted by Gasteiger charge is 2.33. The highest BCUT2D eigenvalue weighted by Crippen LogP contribution is 2.41. The predicted octanol–water partition coefficient (Wildman–Crippen LogP) is 3.50. The van der Waals surface area contributed by atoms with Crippen LogP contribution < -0.4 is 5.32 Å². The van der Waals surface area contributed by atoms with E-state index < -0.39 is 12.7 Å². The summed E-state index contributed by atoms with van der Waals surface area (Å²) in [6.07, 6.45) is 2.37. The zero-order chi connectivity index (χ0) is 13.2. The van der Waals surface area contributed by atoms with E-state index in [4.69, 9.17) is 0 Å². The Morgan fingerprint density at radius 1 is 1.44 bits per heavy atom. The zero-order valence-corrected chi connectivity index (χ0v) is 10.5. The molecule has 0 aliphatic heterocycles. The van der Waals surface area contributed by atoms with Crippen LogP contribution in [-0.4, -0.2) is 17.3 Å². The summed E-state index contributed by atoms with van der Waals surface area (Å²) in [4.78, 5) is 0. The Morgan fingerprint density at radius 3 is 2.72 bits per heavy atom. The van der Waals surface area contributed by atoms with Crippen LogP contribution in [0.25, 0.3) is 0 Å². The minimum atomic E-state index is -4.15. The van der Waals surface area contributed by atoms with Crippen LogP contribution in [0, 0.1) is 5.92 Å². The van der Waals surface area contributed by atoms with Gasteiger partial charge in [0.05, 0.1) is 0 Å². The molecule has 1 atom stereocenters. The van der Waals surface area contributed by atoms with Gasteiger partial charge in [-0.05, 0) is 43.4 Å². The molecule has 18 heavy (non-hydrogen) atoms. The van der Waals surface area contributed by atoms with Crippen LogP contribution in [0.15, 0.2) is 18.5 Å². The maximum absolute atomic E-state index is 12.3. The van der Waals surface area contributed by atoms with Gasteiger partial charge in [-0.2, -0.15) is 13.2 Å². The van der Waals surface area contributed by atoms with Crippen LogP contribution >= 0.6 is 0 Å². The highest BCUT2D eigenvalue weighted by atomic mass is 19.4. The van der Waals surface area contributed by atoms with Crippen LogP contribution in [0.5, 0.6) is 0 Å². The first-order valence-electron chi connectivity index (χ1n) is 6.45. The van der Waals surface area contributed by atoms with E-state index in [0.29, 0.717) is 5.92 Å². The maximum Gasteiger partial charge on any atom is 0.406 e. The van der Waals surface area contributed by atoms with E-state index >= 15 is 0 Å². The van der Waals surface area contributed by atoms with E-state index in [1.807, 2.05) is 0 Å². The molecule has 0 bridgehead atoms. The third-order valence-corrected chi connectivity index (χ3v) is 3.20. The fourth-order valence-electron chi connectivity index (χ4n) is 2.23. The fourth-order valence-corrected chi connectivity index (χ4v) is 2.23. The topological polar surface area (TPSA) is 17.0 Å². The van der Waals surface area contributed by atoms with E-state index in [1.165, 1.54) is 23.6 Å². The summed E-state index contributed by atoms with van der Waals surface area (Å²) >= 11 is 0. The van der Waals surface area contributed by atoms with Crippen molar-refractivity contribution in [1.29, 1.82) is 0 Å². The van der Waals surface area contributed by atoms with Crippen molar-refractivity contribution in [3.63, 3.8) is 0 Å². The van der Waals surface area contributed by atoms with Crippen molar-refractivity contribution in [2.45, 2.75) is 44.9 Å². The minimum Gasteiger partial charge on any atom is -0.345 e. The van der Waals surface area contributed by atoms with Crippen molar-refractivity contribution in [2.75, 3.05) is 6.54 Å². The molecule has 1 aromatic heterocycles. The van der Waals surface area contributed by atoms with Crippen LogP contribution in [0.4, 0.5) is 13.2 Å². The van der Waals surface area contributed by atoms with Gasteiger partial charge in [0.1, 0.15) is 6.54 Å². The molecular formula is C13H19F3N2. The molecule has 0 saturated heterocycles. The number of nitrogens with one attached hydrogen (secondary N) is 1. The van der Waals surface area contributed by atoms with Gasteiger partial charge in [0.2, 0.25) is 0 Å². The average molecular weight is 260 g/mol. The van der Waals surface area contributed by atoms with Gasteiger partial charge in [-0.15, -0.1) is 0 Å². The van der Waals surface area contributed by atoms with Crippen molar-refractivity contribution < 1.29 is 13.2 Å². The van der Waals surface area contributed by atoms with E-state index in [-0.39, 0.29) is 6.04 Å². The van der Waals surface area contributed by atoms with Crippen LogP contribution in [-0.2, 0) is 6.54 Å². The molecule has 0 spiro atoms. The lowest BCUT2D eigenvalue weighted by molar-refractivity contribution is -0.140. The molecule has 1 saturated carbocycles. The Morgan fingerprint density at radius 2 is 2.17 bits per heavy atom. The smallest absolute Gasteiger partial charge is 0.345 e. The quantitative estimate of drug-likeness (QED) is 0.828. The molecule has 0 radical (unpaired) electrons. The normalized spacial score (nSPS) is 18.0. The number of hydrogen-bond donors (Lipinski definition) is 1. The molecule has 1 aromatic rings. The standard InChI is InChI=1S/C13H19F3N2/c1-2-6-17-12(10-3-4-10)11-5-7-18(8-11)9-13(14,15)16/h5,7-8,10,12,17H,2-4,6,9H2,1H3. The van der Waals surface area contributed by atoms with E-state index in [2.05, 4.69) is 12.2 Å². The molecule has 1 N–H and O–H groups in total. The highest BCUT2D eigenvalue weighted by molar-refractivity contribution is 5.18. The predicted molar refractivity (Wildman–Crippen MR) is 64.2 cm³/mol. The first-order chi connectivity index (χ1) is 8.49. The molecule has 1 aliphatic rings. The second-order valence-corrected chi connectivity index (χ2v) is 5.00. The van der Waals surface area contributed by atoms with Crippen LogP contribution in [0.2, 0.25) is 0 Å². The number of halogens is 3. The molecule has 102 valence electrons. The van der Waals surface area contributed by atoms with Crippen LogP contribution in [0.1, 0.15) is 37.8 Å². The summed E-state index contributed by atoms with van der Waals surface area (Å²) in [6, 6.07) is 2.02. The van der Waals surface area contributed by atoms with Gasteiger partial charge in [-0.1, -0.05) is 6.92 Å². The number of rotatable bonds is 6. The van der Waals surface area contributed by atoms with Gasteiger partial charge in [-0.25, -0.2) is 0 Å². The van der Waals surface area contributed by atoms with Crippen molar-refractivity contribution in [2.24, 2.45) is 5.92 Å². The second kappa shape index (κ2) is 5.34. The average Bonchev–Trinajstić information content (AvgIpc) is 2.99. The van der Waals surface area contributed by atoms with E-state index in [9.17, 15) is 13.2 Å². The Kier molecular flexibility index (Phi) is 4.00. The van der Waals surface area contributed by atoms with Gasteiger partial charge >= 0.3 is 6.18 Å². The molecule has 1 unspecified atom stereocenters. The molecule has 0 aromatic carbocycles. The first-order valence-corrected chi connectivity index (χ1v) is 6.45. The lowest BCUT2D eigenvalue weighted by Crippen LogP contribution is -2.23. The third-order valence-electron chi connectivity index (χ3n) is 3.20. The number of aromatic nitrogens is 1. The summed E-state index contributed by atoms with van der Waals surface area (Å²) < 4.78 is 38.1. The van der Waals surface area contributed by atoms with Gasteiger partial charge in [0.25, 0.3) is 0 Å². The second-order valence-electron chi connectivity index (χ2n) is 5.00. The third kappa shape index (κ3) is 3.77. The van der Waals surface area contributed by atoms with Gasteiger partial charge in [-0.3, -0.25) is 0 Å². The summed E-state index contributed by atoms with van der Waals surface area (Å²) in [7, 11) is 0. The zero-order valence-electron chi connectivity index (χ0n) is 10.5. The number of hydrogen-bond acceptors (Lipinski definition) is 1. The molecule has 2 nitrogen and oxygen atoms in total. The lowest BCUT2D eigenvalue weighted by Gasteiger charge is -2.16. The summed E-state index contributed by atoms with van der Waals surface area (Å²) in [5, 5.41) is 3.43. The molecule has 1 aliphatic carbocycles. The fraction of sp³-hybridized carbons (Fsp3) is 0.692. The number of alkyl halides is 3. The monoisotopic (exact) mass is 260 g/mol. The molecule has 1 heterocycles. The van der Waals surface area contributed by atoms with Gasteiger partial charge in [0, 0.05) is 18.4 Å². The Balaban J connectivity index is 2.02. The minimum absolute atomic E-state index is 0.222. The molecule has 2 rings (SSSR count). The summed E-state index contributed by atoms with van der Waals surface area (Å²) in [5.74, 6) is 0.596. The molecule has 1 fully saturated rings. The van der Waals surface area contributed by atoms with E-state index in [0.717, 1.165) is 18.5 Å². The van der Waals surface area contributed by atoms with E-state index in [1.54, 1.807) is 12.3 Å². The molecule has 0 amide bonds. The summed E-state index contributed by atoms with van der Waals surface area (Å²) in [6.45, 7) is 2.09. The van der Waals surface area contributed by atoms with Crippen molar-refractivity contribution in [3.05, 3.63) is 24.0 Å². The SMILES string of the molecule is CCCNC(c1ccn(CC(F)(F)F)c1)C1CC1. The first kappa shape index (κ1) is 13.5. The Labute approximate surface area is 105 Å². The Bertz CT molecular complexity index is 380. The van der Waals surface area contributed by atoms with Crippen molar-refractivity contribution in [3.8, 4) is 0 Å². The van der Waals surface area contributed by atoms with Crippen LogP contribution in [0.3, 0.4) is 0 Å². The van der Waals surface area contributed by atoms with Gasteiger partial charge < -0.3 is 9.88 Å². The van der Waals surface area contributed by atoms with Gasteiger partial charge in [0.15, 0.2) is 0 Å². The largest absolute Gasteiger partial charge is 0.406 e. The Hall–Kier alpha value is -0.970. The van der Waals surface area contributed by atoms with Crippen molar-refractivity contribution in [1.82, 2.24) is 9.88 Å². The lowest BCUT2D eigenvalue weighted by atomic mass is 10.1. The molecular weight excluding hydrogens is 241 g/mol. The maximum atomic E-state index is 12.3. The van der Waals surface area contributed by atoms with Crippen molar-refractivity contribution >= 4 is 0 Å².